The maximum Gasteiger partial charge on any atom is 0.151 e. The molecule has 136 valence electrons. The van der Waals surface area contributed by atoms with Crippen molar-refractivity contribution in [3.05, 3.63) is 36.8 Å². The molecular formula is C17H26N6O2. The minimum atomic E-state index is -0.444. The number of hydrogen-bond acceptors (Lipinski definition) is 7. The lowest BCUT2D eigenvalue weighted by atomic mass is 10.2. The molecule has 0 amide bonds. The molecule has 25 heavy (non-hydrogen) atoms. The molecule has 2 atom stereocenters. The Balaban J connectivity index is 1.50. The number of nitrogens with zero attached hydrogens (tertiary/aromatic N) is 6. The van der Waals surface area contributed by atoms with Gasteiger partial charge in [0, 0.05) is 51.3 Å². The number of anilines is 1. The summed E-state index contributed by atoms with van der Waals surface area (Å²) >= 11 is 0. The van der Waals surface area contributed by atoms with Crippen LogP contribution in [0.2, 0.25) is 0 Å². The van der Waals surface area contributed by atoms with Crippen molar-refractivity contribution in [2.24, 2.45) is 0 Å². The minimum Gasteiger partial charge on any atom is -0.390 e. The average Bonchev–Trinajstić information content (AvgIpc) is 3.13. The van der Waals surface area contributed by atoms with Gasteiger partial charge in [0.1, 0.15) is 0 Å². The van der Waals surface area contributed by atoms with E-state index >= 15 is 0 Å². The number of β-amino-alcohol motifs (C(OH)–C–C–N with tert-alkyl or cyclic N) is 1. The summed E-state index contributed by atoms with van der Waals surface area (Å²) in [5, 5.41) is 22.6. The molecule has 0 aliphatic carbocycles. The summed E-state index contributed by atoms with van der Waals surface area (Å²) in [6.45, 7) is 7.16. The highest BCUT2D eigenvalue weighted by atomic mass is 16.5. The summed E-state index contributed by atoms with van der Waals surface area (Å²) < 4.78 is 7.68. The lowest BCUT2D eigenvalue weighted by Crippen LogP contribution is -2.50. The second-order valence-electron chi connectivity index (χ2n) is 6.25. The van der Waals surface area contributed by atoms with E-state index in [9.17, 15) is 5.11 Å². The molecule has 0 aromatic carbocycles. The third-order valence-electron chi connectivity index (χ3n) is 4.34. The van der Waals surface area contributed by atoms with Gasteiger partial charge in [-0.2, -0.15) is 10.2 Å². The van der Waals surface area contributed by atoms with Gasteiger partial charge in [0.25, 0.3) is 0 Å². The first-order chi connectivity index (χ1) is 12.2. The molecule has 1 aliphatic heterocycles. The molecule has 0 radical (unpaired) electrons. The van der Waals surface area contributed by atoms with Crippen LogP contribution in [0.1, 0.15) is 6.92 Å². The van der Waals surface area contributed by atoms with Crippen LogP contribution in [0, 0.1) is 0 Å². The predicted octanol–water partition coefficient (Wildman–Crippen LogP) is 0.261. The quantitative estimate of drug-likeness (QED) is 0.734. The Morgan fingerprint density at radius 3 is 3.00 bits per heavy atom. The molecule has 8 heteroatoms. The molecule has 0 bridgehead atoms. The highest BCUT2D eigenvalue weighted by Crippen LogP contribution is 2.13. The van der Waals surface area contributed by atoms with Gasteiger partial charge >= 0.3 is 0 Å². The molecule has 0 spiro atoms. The third kappa shape index (κ3) is 5.22. The Kier molecular flexibility index (Phi) is 6.32. The highest BCUT2D eigenvalue weighted by molar-refractivity contribution is 5.36. The Bertz CT molecular complexity index is 609. The lowest BCUT2D eigenvalue weighted by Gasteiger charge is -2.36. The molecule has 1 aliphatic rings. The molecule has 8 nitrogen and oxygen atoms in total. The van der Waals surface area contributed by atoms with Gasteiger partial charge in [0.2, 0.25) is 0 Å². The fraction of sp³-hybridized carbons (Fsp3) is 0.588. The minimum absolute atomic E-state index is 0.0904. The van der Waals surface area contributed by atoms with E-state index in [1.165, 1.54) is 0 Å². The zero-order valence-corrected chi connectivity index (χ0v) is 14.6. The van der Waals surface area contributed by atoms with Crippen molar-refractivity contribution < 1.29 is 9.84 Å². The van der Waals surface area contributed by atoms with Crippen LogP contribution in [0.5, 0.6) is 0 Å². The van der Waals surface area contributed by atoms with Crippen LogP contribution in [0.25, 0.3) is 0 Å². The normalized spacial score (nSPS) is 19.7. The molecule has 2 aromatic rings. The molecule has 0 saturated carbocycles. The Morgan fingerprint density at radius 1 is 1.36 bits per heavy atom. The van der Waals surface area contributed by atoms with Crippen LogP contribution in [0.15, 0.2) is 36.8 Å². The molecule has 2 aromatic heterocycles. The van der Waals surface area contributed by atoms with Crippen LogP contribution >= 0.6 is 0 Å². The summed E-state index contributed by atoms with van der Waals surface area (Å²) in [5.74, 6) is 0.865. The standard InChI is InChI=1S/C17H26N6O2/c1-2-22(17-5-3-6-18-20-17)14-16-13-21(9-10-25-16)11-15(24)12-23-8-4-7-19-23/h3-8,15-16,24H,2,9-14H2,1H3/t15-,16+/m1/s1. The molecule has 1 saturated heterocycles. The third-order valence-corrected chi connectivity index (χ3v) is 4.34. The number of morpholine rings is 1. The van der Waals surface area contributed by atoms with Crippen LogP contribution in [-0.2, 0) is 11.3 Å². The van der Waals surface area contributed by atoms with Crippen LogP contribution in [0.3, 0.4) is 0 Å². The van der Waals surface area contributed by atoms with E-state index in [0.717, 1.165) is 32.0 Å². The first-order valence-corrected chi connectivity index (χ1v) is 8.76. The van der Waals surface area contributed by atoms with E-state index in [-0.39, 0.29) is 6.10 Å². The number of aromatic nitrogens is 4. The lowest BCUT2D eigenvalue weighted by molar-refractivity contribution is -0.0382. The molecular weight excluding hydrogens is 320 g/mol. The molecule has 1 fully saturated rings. The summed E-state index contributed by atoms with van der Waals surface area (Å²) in [6.07, 6.45) is 4.92. The summed E-state index contributed by atoms with van der Waals surface area (Å²) in [5.41, 5.74) is 0. The molecule has 3 rings (SSSR count). The fourth-order valence-electron chi connectivity index (χ4n) is 3.13. The largest absolute Gasteiger partial charge is 0.390 e. The highest BCUT2D eigenvalue weighted by Gasteiger charge is 2.24. The Labute approximate surface area is 148 Å². The Morgan fingerprint density at radius 2 is 2.28 bits per heavy atom. The van der Waals surface area contributed by atoms with Crippen molar-refractivity contribution in [2.75, 3.05) is 44.2 Å². The van der Waals surface area contributed by atoms with Crippen molar-refractivity contribution in [1.82, 2.24) is 24.9 Å². The van der Waals surface area contributed by atoms with E-state index in [1.807, 2.05) is 24.4 Å². The monoisotopic (exact) mass is 346 g/mol. The molecule has 1 N–H and O–H groups in total. The predicted molar refractivity (Wildman–Crippen MR) is 94.3 cm³/mol. The van der Waals surface area contributed by atoms with Crippen LogP contribution < -0.4 is 4.90 Å². The van der Waals surface area contributed by atoms with E-state index < -0.39 is 6.10 Å². The van der Waals surface area contributed by atoms with Crippen molar-refractivity contribution in [1.29, 1.82) is 0 Å². The van der Waals surface area contributed by atoms with Gasteiger partial charge < -0.3 is 14.7 Å². The van der Waals surface area contributed by atoms with E-state index in [1.54, 1.807) is 17.1 Å². The van der Waals surface area contributed by atoms with Crippen LogP contribution in [0.4, 0.5) is 5.82 Å². The van der Waals surface area contributed by atoms with E-state index in [4.69, 9.17) is 4.74 Å². The number of aliphatic hydroxyl groups excluding tert-OH is 1. The number of ether oxygens (including phenoxy) is 1. The smallest absolute Gasteiger partial charge is 0.151 e. The van der Waals surface area contributed by atoms with Crippen molar-refractivity contribution in [3.8, 4) is 0 Å². The summed E-state index contributed by atoms with van der Waals surface area (Å²) in [6, 6.07) is 5.72. The number of hydrogen-bond donors (Lipinski definition) is 1. The van der Waals surface area contributed by atoms with E-state index in [2.05, 4.69) is 32.0 Å². The van der Waals surface area contributed by atoms with Crippen molar-refractivity contribution >= 4 is 5.82 Å². The maximum atomic E-state index is 10.3. The summed E-state index contributed by atoms with van der Waals surface area (Å²) in [4.78, 5) is 4.42. The second-order valence-corrected chi connectivity index (χ2v) is 6.25. The van der Waals surface area contributed by atoms with Crippen molar-refractivity contribution in [2.45, 2.75) is 25.7 Å². The SMILES string of the molecule is CCN(C[C@@H]1CN(C[C@@H](O)Cn2cccn2)CCO1)c1cccnn1. The maximum absolute atomic E-state index is 10.3. The number of likely N-dealkylation sites (N-methyl/N-ethyl adjacent to an activating group) is 1. The number of rotatable bonds is 8. The molecule has 3 heterocycles. The average molecular weight is 346 g/mol. The van der Waals surface area contributed by atoms with Gasteiger partial charge in [0.05, 0.1) is 25.4 Å². The van der Waals surface area contributed by atoms with Gasteiger partial charge in [0.15, 0.2) is 5.82 Å². The first-order valence-electron chi connectivity index (χ1n) is 8.76. The topological polar surface area (TPSA) is 79.5 Å². The van der Waals surface area contributed by atoms with Gasteiger partial charge in [-0.05, 0) is 25.1 Å². The van der Waals surface area contributed by atoms with Gasteiger partial charge in [-0.1, -0.05) is 0 Å². The van der Waals surface area contributed by atoms with Gasteiger partial charge in [-0.15, -0.1) is 5.10 Å². The van der Waals surface area contributed by atoms with Crippen molar-refractivity contribution in [3.63, 3.8) is 0 Å². The zero-order valence-electron chi connectivity index (χ0n) is 14.6. The zero-order chi connectivity index (χ0) is 17.5. The van der Waals surface area contributed by atoms with Crippen LogP contribution in [-0.4, -0.2) is 81.5 Å². The van der Waals surface area contributed by atoms with E-state index in [0.29, 0.717) is 19.7 Å². The second kappa shape index (κ2) is 8.89. The van der Waals surface area contributed by atoms with Gasteiger partial charge in [-0.3, -0.25) is 9.58 Å². The summed E-state index contributed by atoms with van der Waals surface area (Å²) in [7, 11) is 0. The molecule has 0 unspecified atom stereocenters. The Hall–Kier alpha value is -2.03. The van der Waals surface area contributed by atoms with Gasteiger partial charge in [-0.25, -0.2) is 0 Å². The first kappa shape index (κ1) is 17.8. The number of aliphatic hydroxyl groups is 1. The fourth-order valence-corrected chi connectivity index (χ4v) is 3.13.